The predicted molar refractivity (Wildman–Crippen MR) is 62.4 cm³/mol. The van der Waals surface area contributed by atoms with Crippen molar-refractivity contribution in [2.45, 2.75) is 19.3 Å². The maximum atomic E-state index is 11.9. The Hall–Kier alpha value is -1.15. The number of piperidine rings is 1. The normalized spacial score (nSPS) is 21.5. The Balaban J connectivity index is 2.61. The van der Waals surface area contributed by atoms with Gasteiger partial charge in [-0.2, -0.15) is 0 Å². The van der Waals surface area contributed by atoms with Crippen molar-refractivity contribution >= 4 is 22.0 Å². The van der Waals surface area contributed by atoms with Gasteiger partial charge in [-0.25, -0.2) is 12.7 Å². The first-order valence-corrected chi connectivity index (χ1v) is 7.25. The third kappa shape index (κ3) is 3.95. The predicted octanol–water partition coefficient (Wildman–Crippen LogP) is -0.324. The van der Waals surface area contributed by atoms with Crippen LogP contribution in [0, 0.1) is 5.92 Å². The number of carbonyl (C=O) groups is 2. The van der Waals surface area contributed by atoms with Crippen LogP contribution in [-0.2, 0) is 24.3 Å². The molecule has 0 spiro atoms. The monoisotopic (exact) mass is 279 g/mol. The first-order chi connectivity index (χ1) is 8.36. The van der Waals surface area contributed by atoms with Gasteiger partial charge in [0.2, 0.25) is 10.0 Å². The van der Waals surface area contributed by atoms with Gasteiger partial charge in [-0.15, -0.1) is 0 Å². The average molecular weight is 279 g/mol. The van der Waals surface area contributed by atoms with Crippen LogP contribution in [-0.4, -0.2) is 55.7 Å². The summed E-state index contributed by atoms with van der Waals surface area (Å²) in [5, 5.41) is 8.88. The third-order valence-electron chi connectivity index (χ3n) is 2.92. The lowest BCUT2D eigenvalue weighted by atomic mass is 10.0. The molecule has 1 fully saturated rings. The van der Waals surface area contributed by atoms with Crippen molar-refractivity contribution < 1.29 is 27.9 Å². The summed E-state index contributed by atoms with van der Waals surface area (Å²) in [5.41, 5.74) is 0. The number of hydrogen-bond donors (Lipinski definition) is 1. The Morgan fingerprint density at radius 1 is 1.44 bits per heavy atom. The van der Waals surface area contributed by atoms with Crippen molar-refractivity contribution in [3.63, 3.8) is 0 Å². The smallest absolute Gasteiger partial charge is 0.307 e. The zero-order valence-electron chi connectivity index (χ0n) is 10.2. The summed E-state index contributed by atoms with van der Waals surface area (Å²) in [6.45, 7) is 0.298. The lowest BCUT2D eigenvalue weighted by molar-refractivity contribution is -0.143. The van der Waals surface area contributed by atoms with Gasteiger partial charge in [0.1, 0.15) is 0 Å². The maximum absolute atomic E-state index is 11.9. The largest absolute Gasteiger partial charge is 0.481 e. The minimum Gasteiger partial charge on any atom is -0.481 e. The number of hydrogen-bond acceptors (Lipinski definition) is 5. The van der Waals surface area contributed by atoms with Gasteiger partial charge in [0, 0.05) is 13.1 Å². The second kappa shape index (κ2) is 6.14. The molecular weight excluding hydrogens is 262 g/mol. The number of carboxylic acid groups (broad SMARTS) is 1. The second-order valence-corrected chi connectivity index (χ2v) is 6.27. The Morgan fingerprint density at radius 2 is 2.11 bits per heavy atom. The molecule has 0 aromatic carbocycles. The zero-order chi connectivity index (χ0) is 13.8. The maximum Gasteiger partial charge on any atom is 0.307 e. The molecule has 1 N–H and O–H groups in total. The summed E-state index contributed by atoms with van der Waals surface area (Å²) in [6.07, 6.45) is 0.792. The van der Waals surface area contributed by atoms with Crippen LogP contribution in [0.15, 0.2) is 0 Å². The molecule has 104 valence electrons. The molecule has 1 aliphatic heterocycles. The van der Waals surface area contributed by atoms with E-state index in [9.17, 15) is 18.0 Å². The molecule has 1 aliphatic rings. The first-order valence-electron chi connectivity index (χ1n) is 5.64. The number of methoxy groups -OCH3 is 1. The van der Waals surface area contributed by atoms with E-state index in [0.717, 1.165) is 4.31 Å². The molecule has 0 amide bonds. The number of sulfonamides is 1. The lowest BCUT2D eigenvalue weighted by Crippen LogP contribution is -2.43. The van der Waals surface area contributed by atoms with E-state index in [-0.39, 0.29) is 18.7 Å². The molecule has 0 radical (unpaired) electrons. The summed E-state index contributed by atoms with van der Waals surface area (Å²) in [5.74, 6) is -2.58. The van der Waals surface area contributed by atoms with Crippen LogP contribution < -0.4 is 0 Å². The summed E-state index contributed by atoms with van der Waals surface area (Å²) < 4.78 is 29.3. The molecule has 7 nitrogen and oxygen atoms in total. The minimum absolute atomic E-state index is 0.0150. The van der Waals surface area contributed by atoms with Crippen LogP contribution in [0.3, 0.4) is 0 Å². The van der Waals surface area contributed by atoms with E-state index >= 15 is 0 Å². The number of carboxylic acids is 1. The highest BCUT2D eigenvalue weighted by molar-refractivity contribution is 7.89. The van der Waals surface area contributed by atoms with Crippen LogP contribution in [0.1, 0.15) is 19.3 Å². The van der Waals surface area contributed by atoms with E-state index in [2.05, 4.69) is 4.74 Å². The van der Waals surface area contributed by atoms with Gasteiger partial charge in [-0.1, -0.05) is 0 Å². The lowest BCUT2D eigenvalue weighted by Gasteiger charge is -2.29. The van der Waals surface area contributed by atoms with Crippen LogP contribution in [0.25, 0.3) is 0 Å². The summed E-state index contributed by atoms with van der Waals surface area (Å²) >= 11 is 0. The van der Waals surface area contributed by atoms with Crippen LogP contribution >= 0.6 is 0 Å². The molecule has 1 saturated heterocycles. The van der Waals surface area contributed by atoms with Crippen LogP contribution in [0.4, 0.5) is 0 Å². The molecule has 0 bridgehead atoms. The first kappa shape index (κ1) is 14.9. The molecule has 1 rings (SSSR count). The van der Waals surface area contributed by atoms with Crippen molar-refractivity contribution in [2.24, 2.45) is 5.92 Å². The van der Waals surface area contributed by atoms with Gasteiger partial charge in [0.25, 0.3) is 0 Å². The fraction of sp³-hybridized carbons (Fsp3) is 0.800. The van der Waals surface area contributed by atoms with Gasteiger partial charge in [-0.05, 0) is 12.8 Å². The van der Waals surface area contributed by atoms with Crippen LogP contribution in [0.5, 0.6) is 0 Å². The Morgan fingerprint density at radius 3 is 2.67 bits per heavy atom. The summed E-state index contributed by atoms with van der Waals surface area (Å²) in [4.78, 5) is 21.8. The number of esters is 1. The quantitative estimate of drug-likeness (QED) is 0.692. The standard InChI is InChI=1S/C10H17NO6S/c1-17-9(12)4-6-18(15,16)11-5-2-3-8(7-11)10(13)14/h8H,2-7H2,1H3,(H,13,14)/t8-/m1/s1. The molecule has 1 heterocycles. The number of aliphatic carboxylic acids is 1. The van der Waals surface area contributed by atoms with Crippen molar-refractivity contribution in [3.8, 4) is 0 Å². The van der Waals surface area contributed by atoms with Gasteiger partial charge in [-0.3, -0.25) is 9.59 Å². The third-order valence-corrected chi connectivity index (χ3v) is 4.76. The molecule has 0 aliphatic carbocycles. The molecule has 0 aromatic rings. The molecule has 0 unspecified atom stereocenters. The highest BCUT2D eigenvalue weighted by Crippen LogP contribution is 2.20. The van der Waals surface area contributed by atoms with E-state index in [1.165, 1.54) is 7.11 Å². The van der Waals surface area contributed by atoms with E-state index < -0.39 is 27.9 Å². The minimum atomic E-state index is -3.59. The van der Waals surface area contributed by atoms with Gasteiger partial charge in [0.15, 0.2) is 0 Å². The highest BCUT2D eigenvalue weighted by atomic mass is 32.2. The van der Waals surface area contributed by atoms with E-state index in [4.69, 9.17) is 5.11 Å². The number of nitrogens with zero attached hydrogens (tertiary/aromatic N) is 1. The molecular formula is C10H17NO6S. The topological polar surface area (TPSA) is 101 Å². The average Bonchev–Trinajstić information content (AvgIpc) is 2.36. The fourth-order valence-corrected chi connectivity index (χ4v) is 3.34. The summed E-state index contributed by atoms with van der Waals surface area (Å²) in [7, 11) is -2.39. The molecule has 18 heavy (non-hydrogen) atoms. The molecule has 0 saturated carbocycles. The van der Waals surface area contributed by atoms with Crippen molar-refractivity contribution in [2.75, 3.05) is 26.0 Å². The second-order valence-electron chi connectivity index (χ2n) is 4.18. The molecule has 1 atom stereocenters. The Bertz CT molecular complexity index is 418. The number of carbonyl (C=O) groups excluding carboxylic acids is 1. The van der Waals surface area contributed by atoms with Crippen molar-refractivity contribution in [1.82, 2.24) is 4.31 Å². The van der Waals surface area contributed by atoms with Gasteiger partial charge in [0.05, 0.1) is 25.2 Å². The van der Waals surface area contributed by atoms with Crippen LogP contribution in [0.2, 0.25) is 0 Å². The van der Waals surface area contributed by atoms with Gasteiger partial charge >= 0.3 is 11.9 Å². The highest BCUT2D eigenvalue weighted by Gasteiger charge is 2.32. The number of rotatable bonds is 5. The SMILES string of the molecule is COC(=O)CCS(=O)(=O)N1CCC[C@@H](C(=O)O)C1. The van der Waals surface area contributed by atoms with E-state index in [1.807, 2.05) is 0 Å². The Kier molecular flexibility index (Phi) is 5.09. The summed E-state index contributed by atoms with van der Waals surface area (Å²) in [6, 6.07) is 0. The fourth-order valence-electron chi connectivity index (χ4n) is 1.84. The van der Waals surface area contributed by atoms with Crippen molar-refractivity contribution in [3.05, 3.63) is 0 Å². The van der Waals surface area contributed by atoms with E-state index in [0.29, 0.717) is 19.4 Å². The Labute approximate surface area is 106 Å². The van der Waals surface area contributed by atoms with Gasteiger partial charge < -0.3 is 9.84 Å². The zero-order valence-corrected chi connectivity index (χ0v) is 11.0. The number of ether oxygens (including phenoxy) is 1. The van der Waals surface area contributed by atoms with E-state index in [1.54, 1.807) is 0 Å². The molecule has 0 aromatic heterocycles. The molecule has 8 heteroatoms. The van der Waals surface area contributed by atoms with Crippen molar-refractivity contribution in [1.29, 1.82) is 0 Å².